The highest BCUT2D eigenvalue weighted by Crippen LogP contribution is 2.60. The van der Waals surface area contributed by atoms with Crippen LogP contribution in [-0.2, 0) is 9.59 Å². The van der Waals surface area contributed by atoms with E-state index in [2.05, 4.69) is 5.32 Å². The summed E-state index contributed by atoms with van der Waals surface area (Å²) in [5.74, 6) is 0.487. The van der Waals surface area contributed by atoms with E-state index in [1.165, 1.54) is 36.3 Å². The zero-order valence-corrected chi connectivity index (χ0v) is 25.0. The fourth-order valence-electron chi connectivity index (χ4n) is 8.56. The third-order valence-electron chi connectivity index (χ3n) is 9.93. The molecule has 8 rings (SSSR count). The molecule has 3 amide bonds. The summed E-state index contributed by atoms with van der Waals surface area (Å²) in [5, 5.41) is 2.59. The van der Waals surface area contributed by atoms with Gasteiger partial charge in [0.05, 0.1) is 11.4 Å². The van der Waals surface area contributed by atoms with E-state index in [-0.39, 0.29) is 16.9 Å². The number of benzene rings is 3. The molecule has 1 aliphatic heterocycles. The lowest BCUT2D eigenvalue weighted by Crippen LogP contribution is -2.58. The zero-order valence-electron chi connectivity index (χ0n) is 25.0. The Morgan fingerprint density at radius 3 is 2.23 bits per heavy atom. The van der Waals surface area contributed by atoms with Crippen molar-refractivity contribution in [2.45, 2.75) is 44.6 Å². The molecule has 4 aliphatic carbocycles. The van der Waals surface area contributed by atoms with Gasteiger partial charge in [0.1, 0.15) is 11.6 Å². The maximum absolute atomic E-state index is 14.9. The van der Waals surface area contributed by atoms with Gasteiger partial charge in [-0.15, -0.1) is 0 Å². The van der Waals surface area contributed by atoms with E-state index in [1.54, 1.807) is 53.4 Å². The Balaban J connectivity index is 1.27. The fraction of sp³-hybridized carbons (Fsp3) is 0.400. The molecule has 5 aliphatic rings. The third-order valence-corrected chi connectivity index (χ3v) is 9.93. The minimum absolute atomic E-state index is 0.0707. The van der Waals surface area contributed by atoms with Gasteiger partial charge in [0.2, 0.25) is 0 Å². The summed E-state index contributed by atoms with van der Waals surface area (Å²) in [5.41, 5.74) is 1.95. The predicted molar refractivity (Wildman–Crippen MR) is 167 cm³/mol. The molecule has 9 heteroatoms. The number of hydrogen-bond acceptors (Lipinski definition) is 5. The fourth-order valence-corrected chi connectivity index (χ4v) is 8.56. The number of rotatable bonds is 6. The summed E-state index contributed by atoms with van der Waals surface area (Å²) in [7, 11) is 3.75. The Labute approximate surface area is 256 Å². The molecule has 228 valence electrons. The van der Waals surface area contributed by atoms with Crippen LogP contribution >= 0.6 is 0 Å². The Kier molecular flexibility index (Phi) is 7.06. The maximum Gasteiger partial charge on any atom is 0.413 e. The van der Waals surface area contributed by atoms with Crippen LogP contribution in [0, 0.1) is 29.0 Å². The first-order valence-corrected chi connectivity index (χ1v) is 15.4. The smallest absolute Gasteiger partial charge is 0.410 e. The maximum atomic E-state index is 14.9. The van der Waals surface area contributed by atoms with Crippen molar-refractivity contribution in [2.75, 3.05) is 35.3 Å². The van der Waals surface area contributed by atoms with E-state index in [9.17, 15) is 18.8 Å². The quantitative estimate of drug-likeness (QED) is 0.339. The number of anilines is 4. The summed E-state index contributed by atoms with van der Waals surface area (Å²) in [6.45, 7) is 0.419. The summed E-state index contributed by atoms with van der Waals surface area (Å²) in [6, 6.07) is 18.4. The highest BCUT2D eigenvalue weighted by atomic mass is 19.1. The van der Waals surface area contributed by atoms with Gasteiger partial charge in [-0.05, 0) is 98.1 Å². The van der Waals surface area contributed by atoms with Crippen molar-refractivity contribution in [2.24, 2.45) is 23.2 Å². The van der Waals surface area contributed by atoms with Gasteiger partial charge in [-0.25, -0.2) is 9.18 Å². The van der Waals surface area contributed by atoms with Crippen LogP contribution in [0.1, 0.15) is 38.5 Å². The minimum Gasteiger partial charge on any atom is -0.410 e. The largest absolute Gasteiger partial charge is 0.413 e. The second kappa shape index (κ2) is 10.9. The van der Waals surface area contributed by atoms with Crippen molar-refractivity contribution in [1.82, 2.24) is 5.32 Å². The molecule has 4 fully saturated rings. The van der Waals surface area contributed by atoms with Crippen LogP contribution in [0.25, 0.3) is 0 Å². The van der Waals surface area contributed by atoms with Crippen LogP contribution in [0.4, 0.5) is 31.9 Å². The first-order chi connectivity index (χ1) is 21.2. The van der Waals surface area contributed by atoms with E-state index in [0.29, 0.717) is 35.7 Å². The number of fused-ring (bicyclic) bond motifs is 1. The minimum atomic E-state index is -1.58. The summed E-state index contributed by atoms with van der Waals surface area (Å²) >= 11 is 0. The van der Waals surface area contributed by atoms with E-state index in [4.69, 9.17) is 4.74 Å². The highest BCUT2D eigenvalue weighted by Gasteiger charge is 2.53. The van der Waals surface area contributed by atoms with Crippen molar-refractivity contribution in [3.05, 3.63) is 78.6 Å². The van der Waals surface area contributed by atoms with Gasteiger partial charge < -0.3 is 19.9 Å². The van der Waals surface area contributed by atoms with Gasteiger partial charge in [0, 0.05) is 44.1 Å². The number of carbonyl (C=O) groups excluding carboxylic acids is 3. The summed E-state index contributed by atoms with van der Waals surface area (Å²) in [6.07, 6.45) is 5.95. The normalized spacial score (nSPS) is 27.2. The molecular formula is C35H37FN4O4. The Bertz CT molecular complexity index is 1570. The van der Waals surface area contributed by atoms with Crippen molar-refractivity contribution in [1.29, 1.82) is 0 Å². The van der Waals surface area contributed by atoms with E-state index < -0.39 is 29.8 Å². The standard InChI is InChI=1S/C35H37FN4O4/c1-38(2)27-9-6-10-28(17-27)44-34(43)37-31-32(41)39(21-35-18-22-13-23(19-35)15-24(14-22)20-35)29-12-11-25(36)16-30(29)40(33(31)42)26-7-4-3-5-8-26/h3-12,16-17,22-24,31H,13-15,18-21H2,1-2H3,(H,37,43). The number of nitrogens with zero attached hydrogens (tertiary/aromatic N) is 3. The molecule has 8 nitrogen and oxygen atoms in total. The Morgan fingerprint density at radius 2 is 1.57 bits per heavy atom. The monoisotopic (exact) mass is 596 g/mol. The number of nitrogens with one attached hydrogen (secondary N) is 1. The Morgan fingerprint density at radius 1 is 0.886 bits per heavy atom. The lowest BCUT2D eigenvalue weighted by molar-refractivity contribution is -0.129. The highest BCUT2D eigenvalue weighted by molar-refractivity contribution is 6.23. The second-order valence-corrected chi connectivity index (χ2v) is 13.3. The summed E-state index contributed by atoms with van der Waals surface area (Å²) < 4.78 is 20.5. The molecule has 3 aromatic rings. The number of halogens is 1. The van der Waals surface area contributed by atoms with E-state index in [1.807, 2.05) is 31.1 Å². The second-order valence-electron chi connectivity index (χ2n) is 13.3. The van der Waals surface area contributed by atoms with Gasteiger partial charge in [0.25, 0.3) is 11.8 Å². The molecule has 1 unspecified atom stereocenters. The van der Waals surface area contributed by atoms with Crippen molar-refractivity contribution in [3.63, 3.8) is 0 Å². The number of carbonyl (C=O) groups is 3. The average molecular weight is 597 g/mol. The molecule has 1 atom stereocenters. The molecule has 0 radical (unpaired) electrons. The SMILES string of the molecule is CN(C)c1cccc(OC(=O)NC2C(=O)N(CC34CC5CC(CC(C5)C3)C4)c3ccc(F)cc3N(c3ccccc3)C2=O)c1. The molecule has 1 N–H and O–H groups in total. The van der Waals surface area contributed by atoms with Crippen LogP contribution in [0.3, 0.4) is 0 Å². The average Bonchev–Trinajstić information content (AvgIpc) is 3.05. The van der Waals surface area contributed by atoms with Crippen LogP contribution in [-0.4, -0.2) is 44.6 Å². The van der Waals surface area contributed by atoms with Crippen LogP contribution in [0.15, 0.2) is 72.8 Å². The summed E-state index contributed by atoms with van der Waals surface area (Å²) in [4.78, 5) is 47.1. The van der Waals surface area contributed by atoms with Crippen molar-refractivity contribution < 1.29 is 23.5 Å². The molecule has 0 spiro atoms. The van der Waals surface area contributed by atoms with Crippen molar-refractivity contribution in [3.8, 4) is 5.75 Å². The molecule has 1 heterocycles. The number of amides is 3. The number of ether oxygens (including phenoxy) is 1. The number of para-hydroxylation sites is 1. The molecule has 0 saturated heterocycles. The van der Waals surface area contributed by atoms with Crippen molar-refractivity contribution >= 4 is 40.7 Å². The molecule has 3 aromatic carbocycles. The number of hydrogen-bond donors (Lipinski definition) is 1. The molecular weight excluding hydrogens is 559 g/mol. The predicted octanol–water partition coefficient (Wildman–Crippen LogP) is 6.28. The molecule has 4 saturated carbocycles. The van der Waals surface area contributed by atoms with E-state index >= 15 is 0 Å². The lowest BCUT2D eigenvalue weighted by atomic mass is 9.49. The lowest BCUT2D eigenvalue weighted by Gasteiger charge is -2.57. The first kappa shape index (κ1) is 28.4. The van der Waals surface area contributed by atoms with E-state index in [0.717, 1.165) is 24.9 Å². The van der Waals surface area contributed by atoms with Crippen LogP contribution in [0.2, 0.25) is 0 Å². The zero-order chi connectivity index (χ0) is 30.6. The van der Waals surface area contributed by atoms with Crippen LogP contribution in [0.5, 0.6) is 5.75 Å². The molecule has 44 heavy (non-hydrogen) atoms. The third kappa shape index (κ3) is 5.18. The molecule has 0 aromatic heterocycles. The molecule has 4 bridgehead atoms. The van der Waals surface area contributed by atoms with Gasteiger partial charge in [0.15, 0.2) is 6.04 Å². The first-order valence-electron chi connectivity index (χ1n) is 15.4. The van der Waals surface area contributed by atoms with Gasteiger partial charge >= 0.3 is 6.09 Å². The van der Waals surface area contributed by atoms with Crippen LogP contribution < -0.4 is 24.8 Å². The topological polar surface area (TPSA) is 82.2 Å². The van der Waals surface area contributed by atoms with Gasteiger partial charge in [-0.3, -0.25) is 14.5 Å². The Hall–Kier alpha value is -4.40. The van der Waals surface area contributed by atoms with Gasteiger partial charge in [-0.1, -0.05) is 24.3 Å². The van der Waals surface area contributed by atoms with Gasteiger partial charge in [-0.2, -0.15) is 0 Å².